The van der Waals surface area contributed by atoms with Crippen LogP contribution in [0.25, 0.3) is 6.08 Å². The zero-order valence-electron chi connectivity index (χ0n) is 21.8. The molecule has 0 fully saturated rings. The number of hydrogen-bond acceptors (Lipinski definition) is 8. The molecule has 0 radical (unpaired) electrons. The van der Waals surface area contributed by atoms with E-state index in [0.29, 0.717) is 6.29 Å². The van der Waals surface area contributed by atoms with Crippen molar-refractivity contribution in [1.82, 2.24) is 0 Å². The number of fused-ring (bicyclic) bond motifs is 1. The predicted molar refractivity (Wildman–Crippen MR) is 133 cm³/mol. The highest BCUT2D eigenvalue weighted by Crippen LogP contribution is 2.49. The fraction of sp³-hybridized carbons (Fsp3) is 0.500. The largest absolute Gasteiger partial charge is 0.511 e. The van der Waals surface area contributed by atoms with E-state index in [1.165, 1.54) is 13.8 Å². The Hall–Kier alpha value is -3.42. The molecule has 1 aliphatic heterocycles. The fourth-order valence-corrected chi connectivity index (χ4v) is 4.67. The molecule has 0 saturated heterocycles. The number of ether oxygens (including phenoxy) is 1. The molecule has 2 aliphatic rings. The van der Waals surface area contributed by atoms with Gasteiger partial charge >= 0.3 is 0 Å². The molecule has 8 nitrogen and oxygen atoms in total. The minimum absolute atomic E-state index is 0.0216. The summed E-state index contributed by atoms with van der Waals surface area (Å²) in [5.41, 5.74) is -2.44. The quantitative estimate of drug-likeness (QED) is 0.284. The number of aldehydes is 1. The van der Waals surface area contributed by atoms with Gasteiger partial charge in [-0.25, -0.2) is 0 Å². The van der Waals surface area contributed by atoms with Crippen LogP contribution in [0.1, 0.15) is 76.4 Å². The van der Waals surface area contributed by atoms with Gasteiger partial charge in [-0.2, -0.15) is 0 Å². The lowest BCUT2D eigenvalue weighted by atomic mass is 9.67. The number of rotatable bonds is 7. The molecule has 1 aromatic rings. The molecule has 3 rings (SSSR count). The number of phenols is 2. The SMILES string of the molecule is CC(C)C(=O)c1c(O)c(CC2=C(O)C(C)(C)C(=O)C(C[C@@H](C)C=O)C2=O)c(O)c2c1OC(C)(C)C=C2. The first kappa shape index (κ1) is 27.2. The van der Waals surface area contributed by atoms with Crippen LogP contribution in [-0.4, -0.2) is 44.6 Å². The maximum atomic E-state index is 13.4. The summed E-state index contributed by atoms with van der Waals surface area (Å²) in [5, 5.41) is 33.3. The van der Waals surface area contributed by atoms with Crippen molar-refractivity contribution in [3.05, 3.63) is 34.1 Å². The summed E-state index contributed by atoms with van der Waals surface area (Å²) in [4.78, 5) is 50.8. The Morgan fingerprint density at radius 2 is 1.69 bits per heavy atom. The molecule has 0 spiro atoms. The number of phenolic OH excluding ortho intramolecular Hbond substituents is 2. The molecular weight excluding hydrogens is 464 g/mol. The van der Waals surface area contributed by atoms with Gasteiger partial charge < -0.3 is 24.9 Å². The van der Waals surface area contributed by atoms with Crippen molar-refractivity contribution in [3.8, 4) is 17.2 Å². The lowest BCUT2D eigenvalue weighted by molar-refractivity contribution is -0.139. The van der Waals surface area contributed by atoms with Crippen LogP contribution in [0.5, 0.6) is 17.2 Å². The normalized spacial score (nSPS) is 21.3. The van der Waals surface area contributed by atoms with E-state index in [9.17, 15) is 34.5 Å². The second-order valence-corrected chi connectivity index (χ2v) is 11.1. The van der Waals surface area contributed by atoms with Crippen molar-refractivity contribution >= 4 is 29.7 Å². The summed E-state index contributed by atoms with van der Waals surface area (Å²) >= 11 is 0. The lowest BCUT2D eigenvalue weighted by Crippen LogP contribution is -2.44. The van der Waals surface area contributed by atoms with E-state index in [4.69, 9.17) is 4.74 Å². The molecule has 0 aromatic heterocycles. The van der Waals surface area contributed by atoms with Gasteiger partial charge in [0, 0.05) is 29.4 Å². The summed E-state index contributed by atoms with van der Waals surface area (Å²) in [6, 6.07) is 0. The number of ketones is 3. The highest BCUT2D eigenvalue weighted by atomic mass is 16.5. The predicted octanol–water partition coefficient (Wildman–Crippen LogP) is 4.49. The fourth-order valence-electron chi connectivity index (χ4n) is 4.67. The first-order chi connectivity index (χ1) is 16.5. The van der Waals surface area contributed by atoms with Crippen LogP contribution in [0.15, 0.2) is 17.4 Å². The minimum Gasteiger partial charge on any atom is -0.511 e. The molecule has 2 atom stereocenters. The Balaban J connectivity index is 2.24. The Kier molecular flexibility index (Phi) is 6.96. The van der Waals surface area contributed by atoms with Crippen LogP contribution in [-0.2, 0) is 20.8 Å². The number of aliphatic hydroxyl groups is 1. The van der Waals surface area contributed by atoms with Gasteiger partial charge in [0.1, 0.15) is 40.5 Å². The Bertz CT molecular complexity index is 1210. The van der Waals surface area contributed by atoms with Gasteiger partial charge in [-0.05, 0) is 46.3 Å². The molecule has 36 heavy (non-hydrogen) atoms. The number of carbonyl (C=O) groups excluding carboxylic acids is 4. The van der Waals surface area contributed by atoms with E-state index >= 15 is 0 Å². The summed E-state index contributed by atoms with van der Waals surface area (Å²) in [7, 11) is 0. The molecule has 3 N–H and O–H groups in total. The van der Waals surface area contributed by atoms with E-state index in [1.807, 2.05) is 0 Å². The van der Waals surface area contributed by atoms with Crippen LogP contribution < -0.4 is 4.74 Å². The van der Waals surface area contributed by atoms with E-state index < -0.39 is 69.8 Å². The maximum Gasteiger partial charge on any atom is 0.173 e. The van der Waals surface area contributed by atoms with Gasteiger partial charge in [-0.3, -0.25) is 14.4 Å². The standard InChI is InChI=1S/C28H34O8/c1-13(2)20(30)19-23(33)16(21(31)15-8-9-27(4,5)36-24(15)19)11-18-22(32)17(10-14(3)12-29)25(34)28(6,7)26(18)35/h8-9,12-14,17,31,33,35H,10-11H2,1-7H3/t14-,17?/m1/s1. The number of allylic oxidation sites excluding steroid dienone is 2. The number of aromatic hydroxyl groups is 2. The van der Waals surface area contributed by atoms with Crippen molar-refractivity contribution in [3.63, 3.8) is 0 Å². The van der Waals surface area contributed by atoms with Crippen LogP contribution in [0.2, 0.25) is 0 Å². The number of aliphatic hydroxyl groups excluding tert-OH is 1. The smallest absolute Gasteiger partial charge is 0.173 e. The number of benzene rings is 1. The highest BCUT2D eigenvalue weighted by molar-refractivity contribution is 6.16. The van der Waals surface area contributed by atoms with Crippen molar-refractivity contribution < 1.29 is 39.2 Å². The van der Waals surface area contributed by atoms with Crippen LogP contribution in [0.4, 0.5) is 0 Å². The molecule has 1 unspecified atom stereocenters. The van der Waals surface area contributed by atoms with Gasteiger partial charge in [-0.1, -0.05) is 20.8 Å². The second-order valence-electron chi connectivity index (χ2n) is 11.1. The van der Waals surface area contributed by atoms with Crippen LogP contribution >= 0.6 is 0 Å². The summed E-state index contributed by atoms with van der Waals surface area (Å²) in [6.07, 6.45) is 3.50. The molecule has 0 amide bonds. The average Bonchev–Trinajstić information content (AvgIpc) is 2.79. The molecule has 1 heterocycles. The van der Waals surface area contributed by atoms with Crippen LogP contribution in [0, 0.1) is 23.2 Å². The summed E-state index contributed by atoms with van der Waals surface area (Å²) in [6.45, 7) is 11.4. The average molecular weight is 499 g/mol. The molecule has 0 bridgehead atoms. The van der Waals surface area contributed by atoms with Crippen molar-refractivity contribution in [2.75, 3.05) is 0 Å². The van der Waals surface area contributed by atoms with E-state index in [-0.39, 0.29) is 34.4 Å². The van der Waals surface area contributed by atoms with E-state index in [2.05, 4.69) is 0 Å². The van der Waals surface area contributed by atoms with Crippen LogP contribution in [0.3, 0.4) is 0 Å². The Morgan fingerprint density at radius 1 is 1.08 bits per heavy atom. The third kappa shape index (κ3) is 4.45. The zero-order chi connectivity index (χ0) is 27.3. The highest BCUT2D eigenvalue weighted by Gasteiger charge is 2.48. The molecular formula is C28H34O8. The summed E-state index contributed by atoms with van der Waals surface area (Å²) < 4.78 is 5.96. The van der Waals surface area contributed by atoms with Gasteiger partial charge in [0.2, 0.25) is 0 Å². The lowest BCUT2D eigenvalue weighted by Gasteiger charge is -2.35. The molecule has 1 aromatic carbocycles. The summed E-state index contributed by atoms with van der Waals surface area (Å²) in [5.74, 6) is -5.19. The number of carbonyl (C=O) groups is 4. The zero-order valence-corrected chi connectivity index (χ0v) is 21.8. The molecule has 194 valence electrons. The Labute approximate surface area is 210 Å². The maximum absolute atomic E-state index is 13.4. The van der Waals surface area contributed by atoms with Gasteiger partial charge in [-0.15, -0.1) is 0 Å². The third-order valence-corrected chi connectivity index (χ3v) is 6.94. The topological polar surface area (TPSA) is 138 Å². The molecule has 8 heteroatoms. The van der Waals surface area contributed by atoms with Gasteiger partial charge in [0.15, 0.2) is 17.3 Å². The van der Waals surface area contributed by atoms with Crippen molar-refractivity contribution in [2.24, 2.45) is 23.2 Å². The third-order valence-electron chi connectivity index (χ3n) is 6.94. The Morgan fingerprint density at radius 3 is 2.25 bits per heavy atom. The van der Waals surface area contributed by atoms with Gasteiger partial charge in [0.25, 0.3) is 0 Å². The van der Waals surface area contributed by atoms with E-state index in [1.54, 1.807) is 46.8 Å². The monoisotopic (exact) mass is 498 g/mol. The van der Waals surface area contributed by atoms with Crippen molar-refractivity contribution in [1.29, 1.82) is 0 Å². The van der Waals surface area contributed by atoms with E-state index in [0.717, 1.165) is 0 Å². The first-order valence-corrected chi connectivity index (χ1v) is 12.0. The molecule has 1 aliphatic carbocycles. The second kappa shape index (κ2) is 9.22. The first-order valence-electron chi connectivity index (χ1n) is 12.0. The van der Waals surface area contributed by atoms with Gasteiger partial charge in [0.05, 0.1) is 16.9 Å². The molecule has 0 saturated carbocycles. The minimum atomic E-state index is -1.42. The number of Topliss-reactive ketones (excluding diaryl/α,β-unsaturated/α-hetero) is 3. The van der Waals surface area contributed by atoms with Crippen molar-refractivity contribution in [2.45, 2.75) is 66.9 Å². The number of hydrogen-bond donors (Lipinski definition) is 3.